The van der Waals surface area contributed by atoms with Gasteiger partial charge in [0.05, 0.1) is 0 Å². The van der Waals surface area contributed by atoms with Crippen molar-refractivity contribution in [2.75, 3.05) is 6.54 Å². The third kappa shape index (κ3) is 1.51. The van der Waals surface area contributed by atoms with Gasteiger partial charge in [-0.15, -0.1) is 0 Å². The van der Waals surface area contributed by atoms with Crippen molar-refractivity contribution in [3.63, 3.8) is 0 Å². The topological polar surface area (TPSA) is 12.0 Å². The van der Waals surface area contributed by atoms with Gasteiger partial charge in [0.1, 0.15) is 0 Å². The van der Waals surface area contributed by atoms with Gasteiger partial charge in [-0.05, 0) is 32.1 Å². The average molecular weight is 141 g/mol. The lowest BCUT2D eigenvalue weighted by Crippen LogP contribution is -2.31. The largest absolute Gasteiger partial charge is 0.311 e. The summed E-state index contributed by atoms with van der Waals surface area (Å²) in [6, 6.07) is 0. The zero-order valence-corrected chi connectivity index (χ0v) is 7.62. The molecule has 1 atom stereocenters. The van der Waals surface area contributed by atoms with Gasteiger partial charge in [-0.25, -0.2) is 0 Å². The maximum absolute atomic E-state index is 3.54. The molecule has 1 heterocycles. The van der Waals surface area contributed by atoms with Crippen molar-refractivity contribution in [1.29, 1.82) is 0 Å². The molecule has 1 aliphatic rings. The minimum atomic E-state index is 0.380. The summed E-state index contributed by atoms with van der Waals surface area (Å²) in [4.78, 5) is 0. The maximum atomic E-state index is 3.54. The summed E-state index contributed by atoms with van der Waals surface area (Å²) in [7, 11) is 0. The Morgan fingerprint density at radius 1 is 1.30 bits per heavy atom. The van der Waals surface area contributed by atoms with E-state index in [1.165, 1.54) is 19.4 Å². The highest BCUT2D eigenvalue weighted by Gasteiger charge is 2.37. The molecule has 0 aromatic rings. The highest BCUT2D eigenvalue weighted by Crippen LogP contribution is 2.36. The first kappa shape index (κ1) is 8.06. The van der Waals surface area contributed by atoms with Gasteiger partial charge in [0, 0.05) is 12.1 Å². The third-order valence-corrected chi connectivity index (χ3v) is 2.72. The number of rotatable bonds is 1. The molecule has 0 radical (unpaired) electrons. The predicted molar refractivity (Wildman–Crippen MR) is 45.1 cm³/mol. The predicted octanol–water partition coefficient (Wildman–Crippen LogP) is 2.17. The Morgan fingerprint density at radius 3 is 2.10 bits per heavy atom. The standard InChI is InChI=1S/C9H19N/c1-5-9(4)6-8(2,3)10-7-9/h10H,5-7H2,1-4H3/t9-/m0/s1. The van der Waals surface area contributed by atoms with Crippen molar-refractivity contribution < 1.29 is 0 Å². The van der Waals surface area contributed by atoms with Crippen LogP contribution in [0.4, 0.5) is 0 Å². The first-order chi connectivity index (χ1) is 4.47. The first-order valence-corrected chi connectivity index (χ1v) is 4.22. The van der Waals surface area contributed by atoms with E-state index in [4.69, 9.17) is 0 Å². The summed E-state index contributed by atoms with van der Waals surface area (Å²) in [5.74, 6) is 0. The van der Waals surface area contributed by atoms with Crippen molar-refractivity contribution in [2.24, 2.45) is 5.41 Å². The van der Waals surface area contributed by atoms with Crippen molar-refractivity contribution in [1.82, 2.24) is 5.32 Å². The summed E-state index contributed by atoms with van der Waals surface area (Å²) in [5, 5.41) is 3.54. The van der Waals surface area contributed by atoms with Gasteiger partial charge in [0.15, 0.2) is 0 Å². The Morgan fingerprint density at radius 2 is 1.90 bits per heavy atom. The molecule has 0 bridgehead atoms. The molecule has 1 aliphatic heterocycles. The van der Waals surface area contributed by atoms with E-state index in [9.17, 15) is 0 Å². The van der Waals surface area contributed by atoms with E-state index in [1.54, 1.807) is 0 Å². The molecule has 60 valence electrons. The second-order valence-corrected chi connectivity index (χ2v) is 4.58. The van der Waals surface area contributed by atoms with Crippen LogP contribution in [0, 0.1) is 5.41 Å². The van der Waals surface area contributed by atoms with Crippen LogP contribution in [-0.2, 0) is 0 Å². The van der Waals surface area contributed by atoms with Crippen molar-refractivity contribution in [3.8, 4) is 0 Å². The van der Waals surface area contributed by atoms with Crippen molar-refractivity contribution >= 4 is 0 Å². The summed E-state index contributed by atoms with van der Waals surface area (Å²) in [6.45, 7) is 10.4. The van der Waals surface area contributed by atoms with Crippen LogP contribution in [0.15, 0.2) is 0 Å². The number of hydrogen-bond acceptors (Lipinski definition) is 1. The smallest absolute Gasteiger partial charge is 0.0131 e. The Hall–Kier alpha value is -0.0400. The van der Waals surface area contributed by atoms with E-state index in [0.29, 0.717) is 11.0 Å². The molecule has 0 aromatic heterocycles. The van der Waals surface area contributed by atoms with E-state index in [0.717, 1.165) is 0 Å². The van der Waals surface area contributed by atoms with Crippen LogP contribution in [0.1, 0.15) is 40.5 Å². The Bertz CT molecular complexity index is 129. The number of nitrogens with one attached hydrogen (secondary N) is 1. The minimum Gasteiger partial charge on any atom is -0.311 e. The Kier molecular flexibility index (Phi) is 1.80. The van der Waals surface area contributed by atoms with Gasteiger partial charge in [0.25, 0.3) is 0 Å². The molecule has 10 heavy (non-hydrogen) atoms. The number of hydrogen-bond donors (Lipinski definition) is 1. The molecule has 1 fully saturated rings. The molecular weight excluding hydrogens is 122 g/mol. The van der Waals surface area contributed by atoms with Crippen LogP contribution in [0.2, 0.25) is 0 Å². The second kappa shape index (κ2) is 2.23. The molecule has 0 amide bonds. The lowest BCUT2D eigenvalue weighted by molar-refractivity contribution is 0.322. The zero-order chi connectivity index (χ0) is 7.83. The van der Waals surface area contributed by atoms with Crippen LogP contribution in [0.5, 0.6) is 0 Å². The molecule has 1 saturated heterocycles. The van der Waals surface area contributed by atoms with Crippen LogP contribution in [0.25, 0.3) is 0 Å². The Balaban J connectivity index is 2.57. The van der Waals surface area contributed by atoms with E-state index >= 15 is 0 Å². The van der Waals surface area contributed by atoms with Gasteiger partial charge >= 0.3 is 0 Å². The maximum Gasteiger partial charge on any atom is 0.0131 e. The second-order valence-electron chi connectivity index (χ2n) is 4.58. The lowest BCUT2D eigenvalue weighted by atomic mass is 9.82. The molecule has 0 saturated carbocycles. The fraction of sp³-hybridized carbons (Fsp3) is 1.00. The summed E-state index contributed by atoms with van der Waals surface area (Å²) < 4.78 is 0. The fourth-order valence-electron chi connectivity index (χ4n) is 1.89. The van der Waals surface area contributed by atoms with Crippen LogP contribution in [0.3, 0.4) is 0 Å². The van der Waals surface area contributed by atoms with Crippen molar-refractivity contribution in [3.05, 3.63) is 0 Å². The van der Waals surface area contributed by atoms with Gasteiger partial charge in [0.2, 0.25) is 0 Å². The first-order valence-electron chi connectivity index (χ1n) is 4.22. The summed E-state index contributed by atoms with van der Waals surface area (Å²) in [5.41, 5.74) is 0.939. The van der Waals surface area contributed by atoms with Crippen LogP contribution >= 0.6 is 0 Å². The molecular formula is C9H19N. The lowest BCUT2D eigenvalue weighted by Gasteiger charge is -2.22. The highest BCUT2D eigenvalue weighted by atomic mass is 15.0. The molecule has 0 aromatic carbocycles. The Labute approximate surface area is 64.2 Å². The van der Waals surface area contributed by atoms with Gasteiger partial charge in [-0.1, -0.05) is 13.8 Å². The van der Waals surface area contributed by atoms with Crippen LogP contribution < -0.4 is 5.32 Å². The molecule has 1 N–H and O–H groups in total. The highest BCUT2D eigenvalue weighted by molar-refractivity contribution is 4.95. The molecule has 0 unspecified atom stereocenters. The molecule has 1 nitrogen and oxygen atoms in total. The zero-order valence-electron chi connectivity index (χ0n) is 7.62. The van der Waals surface area contributed by atoms with E-state index in [1.807, 2.05) is 0 Å². The minimum absolute atomic E-state index is 0.380. The van der Waals surface area contributed by atoms with Gasteiger partial charge in [-0.2, -0.15) is 0 Å². The summed E-state index contributed by atoms with van der Waals surface area (Å²) in [6.07, 6.45) is 2.61. The van der Waals surface area contributed by atoms with Gasteiger partial charge in [-0.3, -0.25) is 0 Å². The fourth-order valence-corrected chi connectivity index (χ4v) is 1.89. The van der Waals surface area contributed by atoms with Crippen LogP contribution in [-0.4, -0.2) is 12.1 Å². The van der Waals surface area contributed by atoms with E-state index in [-0.39, 0.29) is 0 Å². The molecule has 0 aliphatic carbocycles. The molecule has 0 spiro atoms. The normalized spacial score (nSPS) is 38.4. The quantitative estimate of drug-likeness (QED) is 0.590. The molecule has 1 heteroatoms. The van der Waals surface area contributed by atoms with E-state index in [2.05, 4.69) is 33.0 Å². The van der Waals surface area contributed by atoms with Crippen molar-refractivity contribution in [2.45, 2.75) is 46.1 Å². The summed E-state index contributed by atoms with van der Waals surface area (Å²) >= 11 is 0. The SMILES string of the molecule is CC[C@]1(C)CNC(C)(C)C1. The molecule has 1 rings (SSSR count). The van der Waals surface area contributed by atoms with Gasteiger partial charge < -0.3 is 5.32 Å². The monoisotopic (exact) mass is 141 g/mol. The average Bonchev–Trinajstić information content (AvgIpc) is 2.08. The van der Waals surface area contributed by atoms with E-state index < -0.39 is 0 Å². The third-order valence-electron chi connectivity index (χ3n) is 2.72.